The first-order valence-electron chi connectivity index (χ1n) is 17.1. The quantitative estimate of drug-likeness (QED) is 0.179. The van der Waals surface area contributed by atoms with E-state index in [-0.39, 0.29) is 35.5 Å². The molecule has 0 radical (unpaired) electrons. The fourth-order valence-corrected chi connectivity index (χ4v) is 6.39. The van der Waals surface area contributed by atoms with Crippen molar-refractivity contribution < 1.29 is 29.0 Å². The van der Waals surface area contributed by atoms with E-state index in [9.17, 15) is 24.3 Å². The van der Waals surface area contributed by atoms with Gasteiger partial charge in [0.05, 0.1) is 5.56 Å². The molecule has 3 aromatic rings. The van der Waals surface area contributed by atoms with E-state index in [1.54, 1.807) is 30.3 Å². The summed E-state index contributed by atoms with van der Waals surface area (Å²) in [7, 11) is 0. The molecular weight excluding hydrogens is 634 g/mol. The van der Waals surface area contributed by atoms with E-state index < -0.39 is 23.6 Å². The molecule has 3 aromatic carbocycles. The number of nitrogens with zero attached hydrogens (tertiary/aromatic N) is 3. The van der Waals surface area contributed by atoms with Crippen molar-refractivity contribution in [2.45, 2.75) is 71.8 Å². The Labute approximate surface area is 292 Å². The van der Waals surface area contributed by atoms with Gasteiger partial charge in [-0.2, -0.15) is 5.11 Å². The highest BCUT2D eigenvalue weighted by molar-refractivity contribution is 6.01. The van der Waals surface area contributed by atoms with Crippen molar-refractivity contribution in [1.82, 2.24) is 5.32 Å². The summed E-state index contributed by atoms with van der Waals surface area (Å²) in [5.41, 5.74) is 4.60. The number of benzene rings is 3. The smallest absolute Gasteiger partial charge is 0.407 e. The van der Waals surface area contributed by atoms with Crippen LogP contribution in [0.25, 0.3) is 11.1 Å². The van der Waals surface area contributed by atoms with Crippen LogP contribution in [0.1, 0.15) is 79.9 Å². The maximum Gasteiger partial charge on any atom is 0.407 e. The predicted molar refractivity (Wildman–Crippen MR) is 191 cm³/mol. The fraction of sp³-hybridized carbons (Fsp3) is 0.410. The normalized spacial score (nSPS) is 17.8. The number of anilines is 1. The zero-order chi connectivity index (χ0) is 35.8. The van der Waals surface area contributed by atoms with Crippen LogP contribution < -0.4 is 10.6 Å². The number of hydrogen-bond acceptors (Lipinski definition) is 8. The van der Waals surface area contributed by atoms with Gasteiger partial charge >= 0.3 is 12.1 Å². The zero-order valence-corrected chi connectivity index (χ0v) is 29.1. The number of ketones is 1. The molecule has 1 heterocycles. The molecule has 50 heavy (non-hydrogen) atoms. The number of Topliss-reactive ketones (excluding diaryl/α,β-unsaturated/α-hetero) is 1. The van der Waals surface area contributed by atoms with Crippen LogP contribution in [-0.2, 0) is 20.7 Å². The SMILES string of the molecule is Cc1ccc(C(=O)O)cc1-c1ccc(C[C@H](CC(=O)C2CCC(CNC(=O)OC(C)(C)C)CC2)C(=O)Nc2ccc(C3=NCN=N3)cc2)cc1. The fourth-order valence-electron chi connectivity index (χ4n) is 6.39. The van der Waals surface area contributed by atoms with Gasteiger partial charge in [-0.15, -0.1) is 5.11 Å². The summed E-state index contributed by atoms with van der Waals surface area (Å²) in [5, 5.41) is 23.2. The monoisotopic (exact) mass is 679 g/mol. The van der Waals surface area contributed by atoms with Crippen molar-refractivity contribution in [2.75, 3.05) is 18.5 Å². The van der Waals surface area contributed by atoms with E-state index in [4.69, 9.17) is 4.74 Å². The number of carbonyl (C=O) groups excluding carboxylic acids is 3. The molecule has 0 saturated heterocycles. The molecule has 0 unspecified atom stereocenters. The summed E-state index contributed by atoms with van der Waals surface area (Å²) < 4.78 is 5.35. The molecule has 2 amide bonds. The second-order valence-corrected chi connectivity index (χ2v) is 14.1. The standard InChI is InChI=1S/C39H45N5O6/c1-24-5-10-30(37(47)48)20-33(24)27-11-6-25(7-12-27)19-31(36(46)43-32-17-15-29(16-18-32)35-41-23-42-44-35)21-34(45)28-13-8-26(9-14-28)22-40-38(49)50-39(2,3)4/h5-7,10-12,15-18,20,26,28,31H,8-9,13-14,19,21-23H2,1-4H3,(H,40,49)(H,43,46)(H,47,48)/t26?,28?,31-/m1/s1. The summed E-state index contributed by atoms with van der Waals surface area (Å²) in [5.74, 6) is -1.09. The first-order chi connectivity index (χ1) is 23.8. The average molecular weight is 680 g/mol. The van der Waals surface area contributed by atoms with Crippen LogP contribution in [0, 0.1) is 24.7 Å². The number of nitrogens with one attached hydrogen (secondary N) is 2. The molecule has 11 nitrogen and oxygen atoms in total. The summed E-state index contributed by atoms with van der Waals surface area (Å²) >= 11 is 0. The maximum atomic E-state index is 13.8. The van der Waals surface area contributed by atoms with Crippen LogP contribution in [0.3, 0.4) is 0 Å². The van der Waals surface area contributed by atoms with E-state index in [1.807, 2.05) is 64.1 Å². The zero-order valence-electron chi connectivity index (χ0n) is 29.1. The second-order valence-electron chi connectivity index (χ2n) is 14.1. The van der Waals surface area contributed by atoms with Crippen molar-refractivity contribution in [1.29, 1.82) is 0 Å². The Hall–Kier alpha value is -5.19. The van der Waals surface area contributed by atoms with Gasteiger partial charge in [0.15, 0.2) is 12.5 Å². The van der Waals surface area contributed by atoms with E-state index in [0.717, 1.165) is 40.7 Å². The number of carboxylic acid groups (broad SMARTS) is 1. The van der Waals surface area contributed by atoms with Gasteiger partial charge in [0.1, 0.15) is 11.4 Å². The highest BCUT2D eigenvalue weighted by Crippen LogP contribution is 2.32. The lowest BCUT2D eigenvalue weighted by molar-refractivity contribution is -0.129. The van der Waals surface area contributed by atoms with Crippen molar-refractivity contribution in [3.63, 3.8) is 0 Å². The van der Waals surface area contributed by atoms with Crippen LogP contribution in [0.2, 0.25) is 0 Å². The number of amides is 2. The predicted octanol–water partition coefficient (Wildman–Crippen LogP) is 7.62. The number of amidine groups is 1. The van der Waals surface area contributed by atoms with Gasteiger partial charge in [0, 0.05) is 36.1 Å². The third-order valence-corrected chi connectivity index (χ3v) is 9.15. The van der Waals surface area contributed by atoms with Crippen molar-refractivity contribution in [2.24, 2.45) is 33.0 Å². The Balaban J connectivity index is 1.26. The van der Waals surface area contributed by atoms with E-state index in [2.05, 4.69) is 25.9 Å². The number of aryl methyl sites for hydroxylation is 1. The van der Waals surface area contributed by atoms with Crippen LogP contribution in [0.4, 0.5) is 10.5 Å². The second kappa shape index (κ2) is 16.0. The Kier molecular flexibility index (Phi) is 11.6. The lowest BCUT2D eigenvalue weighted by atomic mass is 9.77. The molecule has 1 atom stereocenters. The molecule has 3 N–H and O–H groups in total. The summed E-state index contributed by atoms with van der Waals surface area (Å²) in [6.45, 7) is 8.22. The van der Waals surface area contributed by atoms with Crippen LogP contribution in [0.5, 0.6) is 0 Å². The highest BCUT2D eigenvalue weighted by Gasteiger charge is 2.31. The minimum absolute atomic E-state index is 0.0707. The topological polar surface area (TPSA) is 159 Å². The minimum Gasteiger partial charge on any atom is -0.478 e. The molecular formula is C39H45N5O6. The lowest BCUT2D eigenvalue weighted by Crippen LogP contribution is -2.37. The molecule has 262 valence electrons. The summed E-state index contributed by atoms with van der Waals surface area (Å²) in [4.78, 5) is 55.4. The maximum absolute atomic E-state index is 13.8. The summed E-state index contributed by atoms with van der Waals surface area (Å²) in [6.07, 6.45) is 3.06. The average Bonchev–Trinajstić information content (AvgIpc) is 3.63. The molecule has 1 aliphatic carbocycles. The van der Waals surface area contributed by atoms with Gasteiger partial charge in [-0.05, 0) is 124 Å². The summed E-state index contributed by atoms with van der Waals surface area (Å²) in [6, 6.07) is 20.0. The van der Waals surface area contributed by atoms with Gasteiger partial charge in [-0.1, -0.05) is 30.3 Å². The van der Waals surface area contributed by atoms with Crippen LogP contribution >= 0.6 is 0 Å². The Morgan fingerprint density at radius 2 is 1.60 bits per heavy atom. The van der Waals surface area contributed by atoms with Crippen LogP contribution in [-0.4, -0.2) is 53.5 Å². The number of hydrogen-bond donors (Lipinski definition) is 3. The van der Waals surface area contributed by atoms with Gasteiger partial charge < -0.3 is 20.5 Å². The molecule has 1 aliphatic heterocycles. The van der Waals surface area contributed by atoms with Gasteiger partial charge in [-0.3, -0.25) is 9.59 Å². The van der Waals surface area contributed by atoms with E-state index >= 15 is 0 Å². The van der Waals surface area contributed by atoms with E-state index in [0.29, 0.717) is 44.0 Å². The van der Waals surface area contributed by atoms with Crippen molar-refractivity contribution >= 4 is 35.3 Å². The van der Waals surface area contributed by atoms with E-state index in [1.165, 1.54) is 0 Å². The first kappa shape index (κ1) is 36.1. The number of carboxylic acids is 1. The van der Waals surface area contributed by atoms with Gasteiger partial charge in [0.2, 0.25) is 5.91 Å². The van der Waals surface area contributed by atoms with Crippen molar-refractivity contribution in [3.8, 4) is 11.1 Å². The molecule has 5 rings (SSSR count). The third kappa shape index (κ3) is 9.93. The highest BCUT2D eigenvalue weighted by atomic mass is 16.6. The molecule has 0 spiro atoms. The number of carbonyl (C=O) groups is 4. The Morgan fingerprint density at radius 1 is 0.920 bits per heavy atom. The number of alkyl carbamates (subject to hydrolysis) is 1. The molecule has 11 heteroatoms. The van der Waals surface area contributed by atoms with Gasteiger partial charge in [-0.25, -0.2) is 14.6 Å². The largest absolute Gasteiger partial charge is 0.478 e. The molecule has 1 fully saturated rings. The molecule has 0 aromatic heterocycles. The minimum atomic E-state index is -0.986. The molecule has 0 bridgehead atoms. The Bertz CT molecular complexity index is 1770. The molecule has 1 saturated carbocycles. The van der Waals surface area contributed by atoms with Gasteiger partial charge in [0.25, 0.3) is 0 Å². The number of ether oxygens (including phenoxy) is 1. The Morgan fingerprint density at radius 3 is 2.22 bits per heavy atom. The number of aromatic carboxylic acids is 1. The van der Waals surface area contributed by atoms with Crippen LogP contribution in [0.15, 0.2) is 82.0 Å². The number of azo groups is 1. The molecule has 2 aliphatic rings. The third-order valence-electron chi connectivity index (χ3n) is 9.15. The lowest BCUT2D eigenvalue weighted by Gasteiger charge is -2.29. The first-order valence-corrected chi connectivity index (χ1v) is 17.1. The number of rotatable bonds is 12. The van der Waals surface area contributed by atoms with Crippen molar-refractivity contribution in [3.05, 3.63) is 89.0 Å². The number of aliphatic imine (C=N–C) groups is 1.